The molecule has 2 heterocycles. The second-order valence-electron chi connectivity index (χ2n) is 6.25. The van der Waals surface area contributed by atoms with Crippen molar-refractivity contribution in [1.82, 2.24) is 9.80 Å². The molecule has 2 aliphatic rings. The van der Waals surface area contributed by atoms with Crippen molar-refractivity contribution >= 4 is 23.4 Å². The molecule has 2 fully saturated rings. The molecule has 3 unspecified atom stereocenters. The summed E-state index contributed by atoms with van der Waals surface area (Å²) in [6.07, 6.45) is -1.41. The van der Waals surface area contributed by atoms with Crippen molar-refractivity contribution in [2.75, 3.05) is 34.2 Å². The summed E-state index contributed by atoms with van der Waals surface area (Å²) < 4.78 is 0. The van der Waals surface area contributed by atoms with Gasteiger partial charge in [0.1, 0.15) is 18.0 Å². The Balaban J connectivity index is 0. The number of likely N-dealkylation sites (N-methyl/N-ethyl adjacent to an activating group) is 2. The number of imide groups is 1. The summed E-state index contributed by atoms with van der Waals surface area (Å²) in [5, 5.41) is 26.3. The Morgan fingerprint density at radius 2 is 1.70 bits per heavy atom. The van der Waals surface area contributed by atoms with Gasteiger partial charge in [0.2, 0.25) is 5.91 Å². The van der Waals surface area contributed by atoms with Gasteiger partial charge in [0.25, 0.3) is 5.91 Å². The summed E-state index contributed by atoms with van der Waals surface area (Å²) in [4.78, 5) is 44.7. The first-order valence-electron chi connectivity index (χ1n) is 8.56. The van der Waals surface area contributed by atoms with Crippen LogP contribution in [0.25, 0.3) is 0 Å². The maximum atomic E-state index is 10.6. The molecule has 0 saturated carbocycles. The summed E-state index contributed by atoms with van der Waals surface area (Å²) in [7, 11) is 4.89. The van der Waals surface area contributed by atoms with E-state index in [1.54, 1.807) is 0 Å². The van der Waals surface area contributed by atoms with Crippen molar-refractivity contribution in [2.24, 2.45) is 5.73 Å². The van der Waals surface area contributed by atoms with Crippen molar-refractivity contribution in [2.45, 2.75) is 51.4 Å². The van der Waals surface area contributed by atoms with E-state index < -0.39 is 18.1 Å². The number of aliphatic hydroxyl groups excluding tert-OH is 3. The van der Waals surface area contributed by atoms with Crippen molar-refractivity contribution < 1.29 is 34.5 Å². The van der Waals surface area contributed by atoms with Crippen LogP contribution < -0.4 is 5.73 Å². The molecular weight excluding hydrogens is 358 g/mol. The minimum Gasteiger partial charge on any atom is -0.392 e. The molecule has 0 aromatic carbocycles. The van der Waals surface area contributed by atoms with Crippen molar-refractivity contribution in [3.63, 3.8) is 0 Å². The summed E-state index contributed by atoms with van der Waals surface area (Å²) in [6, 6.07) is 0. The maximum absolute atomic E-state index is 10.6. The number of rotatable bonds is 3. The van der Waals surface area contributed by atoms with Crippen LogP contribution in [0.3, 0.4) is 0 Å². The largest absolute Gasteiger partial charge is 0.392 e. The topological polar surface area (TPSA) is 161 Å². The molecular formula is C17H33N3O7. The minimum atomic E-state index is -1.09. The quantitative estimate of drug-likeness (QED) is 0.395. The van der Waals surface area contributed by atoms with Gasteiger partial charge in [0, 0.05) is 26.6 Å². The molecule has 158 valence electrons. The van der Waals surface area contributed by atoms with E-state index in [1.807, 2.05) is 7.05 Å². The van der Waals surface area contributed by atoms with Gasteiger partial charge in [-0.1, -0.05) is 0 Å². The lowest BCUT2D eigenvalue weighted by Crippen LogP contribution is -2.27. The average Bonchev–Trinajstić information content (AvgIpc) is 3.07. The van der Waals surface area contributed by atoms with Crippen LogP contribution in [0.2, 0.25) is 0 Å². The maximum Gasteiger partial charge on any atom is 0.258 e. The first kappa shape index (κ1) is 27.5. The fraction of sp³-hybridized carbons (Fsp3) is 0.765. The van der Waals surface area contributed by atoms with Gasteiger partial charge in [0.05, 0.1) is 12.5 Å². The van der Waals surface area contributed by atoms with Crippen LogP contribution in [0.4, 0.5) is 0 Å². The molecule has 3 atom stereocenters. The van der Waals surface area contributed by atoms with E-state index in [2.05, 4.69) is 10.6 Å². The van der Waals surface area contributed by atoms with Crippen molar-refractivity contribution in [3.05, 3.63) is 0 Å². The molecule has 0 aromatic heterocycles. The van der Waals surface area contributed by atoms with Gasteiger partial charge < -0.3 is 26.0 Å². The summed E-state index contributed by atoms with van der Waals surface area (Å²) >= 11 is 0. The highest BCUT2D eigenvalue weighted by molar-refractivity contribution is 6.04. The summed E-state index contributed by atoms with van der Waals surface area (Å²) in [5.41, 5.74) is 4.50. The van der Waals surface area contributed by atoms with E-state index in [-0.39, 0.29) is 36.4 Å². The van der Waals surface area contributed by atoms with Crippen molar-refractivity contribution in [3.8, 4) is 0 Å². The molecule has 0 spiro atoms. The van der Waals surface area contributed by atoms with Gasteiger partial charge in [-0.25, -0.2) is 0 Å². The number of carbonyl (C=O) groups is 4. The highest BCUT2D eigenvalue weighted by Gasteiger charge is 2.34. The Morgan fingerprint density at radius 1 is 1.19 bits per heavy atom. The number of carbonyl (C=O) groups excluding carboxylic acids is 4. The molecule has 5 N–H and O–H groups in total. The van der Waals surface area contributed by atoms with Crippen LogP contribution in [-0.4, -0.2) is 101 Å². The SMILES string of the molecule is CC(=O)CC(O)C(C)=O.CN.CN1C(=O)CC(O)C1=O.CN1CCC(O)C1. The predicted octanol–water partition coefficient (Wildman–Crippen LogP) is -2.09. The Hall–Kier alpha value is -1.72. The third-order valence-electron chi connectivity index (χ3n) is 3.67. The number of likely N-dealkylation sites (tertiary alicyclic amines) is 2. The summed E-state index contributed by atoms with van der Waals surface area (Å²) in [6.45, 7) is 4.51. The third kappa shape index (κ3) is 12.3. The van der Waals surface area contributed by atoms with Gasteiger partial charge in [-0.3, -0.25) is 24.1 Å². The first-order valence-corrected chi connectivity index (χ1v) is 8.56. The molecule has 0 aliphatic carbocycles. The highest BCUT2D eigenvalue weighted by Crippen LogP contribution is 2.09. The predicted molar refractivity (Wildman–Crippen MR) is 98.6 cm³/mol. The van der Waals surface area contributed by atoms with Gasteiger partial charge in [-0.2, -0.15) is 0 Å². The zero-order valence-electron chi connectivity index (χ0n) is 16.7. The lowest BCUT2D eigenvalue weighted by molar-refractivity contribution is -0.139. The van der Waals surface area contributed by atoms with Gasteiger partial charge in [0.15, 0.2) is 5.78 Å². The van der Waals surface area contributed by atoms with Crippen molar-refractivity contribution in [1.29, 1.82) is 0 Å². The number of hydrogen-bond acceptors (Lipinski definition) is 9. The number of nitrogens with zero attached hydrogens (tertiary/aromatic N) is 2. The molecule has 10 heteroatoms. The molecule has 0 aromatic rings. The van der Waals surface area contributed by atoms with Crippen LogP contribution in [0.5, 0.6) is 0 Å². The fourth-order valence-corrected chi connectivity index (χ4v) is 2.06. The monoisotopic (exact) mass is 391 g/mol. The van der Waals surface area contributed by atoms with Gasteiger partial charge in [-0.15, -0.1) is 0 Å². The number of nitrogens with two attached hydrogens (primary N) is 1. The highest BCUT2D eigenvalue weighted by atomic mass is 16.3. The van der Waals surface area contributed by atoms with Crippen LogP contribution in [-0.2, 0) is 19.2 Å². The van der Waals surface area contributed by atoms with E-state index in [1.165, 1.54) is 27.9 Å². The number of Topliss-reactive ketones (excluding diaryl/α,β-unsaturated/α-hetero) is 2. The molecule has 2 rings (SSSR count). The smallest absolute Gasteiger partial charge is 0.258 e. The number of aliphatic hydroxyl groups is 3. The fourth-order valence-electron chi connectivity index (χ4n) is 2.06. The lowest BCUT2D eigenvalue weighted by Gasteiger charge is -2.02. The molecule has 2 aliphatic heterocycles. The van der Waals surface area contributed by atoms with E-state index in [9.17, 15) is 19.2 Å². The van der Waals surface area contributed by atoms with Gasteiger partial charge >= 0.3 is 0 Å². The molecule has 2 amide bonds. The minimum absolute atomic E-state index is 0.0509. The Labute approximate surface area is 159 Å². The number of β-amino-alcohol motifs (C(OH)–C–C–N with tert-alkyl or cyclic N) is 1. The second-order valence-corrected chi connectivity index (χ2v) is 6.25. The lowest BCUT2D eigenvalue weighted by atomic mass is 10.1. The second kappa shape index (κ2) is 14.4. The number of ketones is 2. The Kier molecular flexibility index (Phi) is 14.6. The van der Waals surface area contributed by atoms with E-state index >= 15 is 0 Å². The Bertz CT molecular complexity index is 489. The van der Waals surface area contributed by atoms with E-state index in [0.717, 1.165) is 24.4 Å². The standard InChI is InChI=1S/C6H10O3.C5H7NO3.C5H11NO.CH5N/c1-4(7)3-6(9)5(2)8;1-6-4(8)2-3(7)5(6)9;1-6-3-2-5(7)4-6;1-2/h6,9H,3H2,1-2H3;3,7H,2H2,1H3;5,7H,2-4H2,1H3;2H2,1H3. The number of amides is 2. The van der Waals surface area contributed by atoms with E-state index in [0.29, 0.717) is 0 Å². The zero-order chi connectivity index (χ0) is 21.7. The molecule has 27 heavy (non-hydrogen) atoms. The van der Waals surface area contributed by atoms with Crippen LogP contribution >= 0.6 is 0 Å². The normalized spacial score (nSPS) is 22.6. The third-order valence-corrected chi connectivity index (χ3v) is 3.67. The van der Waals surface area contributed by atoms with E-state index in [4.69, 9.17) is 15.3 Å². The summed E-state index contributed by atoms with van der Waals surface area (Å²) in [5.74, 6) is -1.34. The van der Waals surface area contributed by atoms with Crippen LogP contribution in [0.15, 0.2) is 0 Å². The molecule has 2 saturated heterocycles. The number of hydrogen-bond donors (Lipinski definition) is 4. The molecule has 0 bridgehead atoms. The van der Waals surface area contributed by atoms with Gasteiger partial charge in [-0.05, 0) is 34.4 Å². The molecule has 10 nitrogen and oxygen atoms in total. The average molecular weight is 391 g/mol. The first-order chi connectivity index (χ1) is 12.5. The Morgan fingerprint density at radius 3 is 1.81 bits per heavy atom. The van der Waals surface area contributed by atoms with Crippen LogP contribution in [0.1, 0.15) is 33.1 Å². The molecule has 0 radical (unpaired) electrons. The van der Waals surface area contributed by atoms with Crippen LogP contribution in [0, 0.1) is 0 Å². The zero-order valence-corrected chi connectivity index (χ0v) is 16.7.